The number of carbonyl (C=O) groups is 1. The molecule has 7 heteroatoms. The number of pyridine rings is 2. The number of aromatic amines is 1. The zero-order chi connectivity index (χ0) is 20.2. The Morgan fingerprint density at radius 3 is 2.79 bits per heavy atom. The first-order chi connectivity index (χ1) is 14.1. The van der Waals surface area contributed by atoms with Crippen LogP contribution in [0.15, 0.2) is 53.5 Å². The summed E-state index contributed by atoms with van der Waals surface area (Å²) in [5, 5.41) is 13.1. The lowest BCUT2D eigenvalue weighted by molar-refractivity contribution is -0.115. The van der Waals surface area contributed by atoms with Crippen molar-refractivity contribution in [1.29, 1.82) is 0 Å². The molecule has 3 heterocycles. The number of piperidine rings is 1. The van der Waals surface area contributed by atoms with E-state index in [-0.39, 0.29) is 24.5 Å². The van der Waals surface area contributed by atoms with E-state index in [1.54, 1.807) is 18.3 Å². The summed E-state index contributed by atoms with van der Waals surface area (Å²) in [5.74, 6) is 0.794. The molecular formula is C22H24N4O3. The van der Waals surface area contributed by atoms with Crippen LogP contribution in [0.1, 0.15) is 18.4 Å². The van der Waals surface area contributed by atoms with Crippen molar-refractivity contribution in [2.75, 3.05) is 29.9 Å². The molecule has 2 aromatic heterocycles. The number of aliphatic hydroxyl groups is 1. The highest BCUT2D eigenvalue weighted by Gasteiger charge is 2.22. The molecule has 0 radical (unpaired) electrons. The first kappa shape index (κ1) is 19.1. The summed E-state index contributed by atoms with van der Waals surface area (Å²) in [6.45, 7) is 1.78. The summed E-state index contributed by atoms with van der Waals surface area (Å²) < 4.78 is 0. The lowest BCUT2D eigenvalue weighted by atomic mass is 9.98. The minimum atomic E-state index is -0.259. The first-order valence-corrected chi connectivity index (χ1v) is 9.85. The maximum Gasteiger partial charge on any atom is 0.252 e. The standard InChI is InChI=1S/C22H24N4O3/c27-14-15-7-10-26(11-8-15)21-19(6-3-9-23-21)24-20(28)13-17-12-16-4-1-2-5-18(16)25-22(17)29/h1-6,9,12,15,27H,7-8,10-11,13-14H2,(H,24,28)(H,25,29). The SMILES string of the molecule is O=C(Cc1cc2ccccc2[nH]c1=O)Nc1cccnc1N1CCC(CO)CC1. The van der Waals surface area contributed by atoms with Crippen LogP contribution in [-0.2, 0) is 11.2 Å². The third-order valence-electron chi connectivity index (χ3n) is 5.41. The molecule has 29 heavy (non-hydrogen) atoms. The summed E-state index contributed by atoms with van der Waals surface area (Å²) in [6, 6.07) is 12.9. The third-order valence-corrected chi connectivity index (χ3v) is 5.41. The molecule has 150 valence electrons. The molecule has 1 saturated heterocycles. The zero-order valence-electron chi connectivity index (χ0n) is 16.1. The fourth-order valence-corrected chi connectivity index (χ4v) is 3.77. The van der Waals surface area contributed by atoms with Crippen LogP contribution < -0.4 is 15.8 Å². The molecule has 0 bridgehead atoms. The number of anilines is 2. The summed E-state index contributed by atoms with van der Waals surface area (Å²) in [7, 11) is 0. The third kappa shape index (κ3) is 4.30. The van der Waals surface area contributed by atoms with Crippen molar-refractivity contribution in [1.82, 2.24) is 9.97 Å². The second-order valence-corrected chi connectivity index (χ2v) is 7.42. The lowest BCUT2D eigenvalue weighted by Crippen LogP contribution is -2.36. The summed E-state index contributed by atoms with van der Waals surface area (Å²) >= 11 is 0. The lowest BCUT2D eigenvalue weighted by Gasteiger charge is -2.33. The molecule has 7 nitrogen and oxygen atoms in total. The molecule has 1 amide bonds. The smallest absolute Gasteiger partial charge is 0.252 e. The van der Waals surface area contributed by atoms with Gasteiger partial charge in [-0.25, -0.2) is 4.98 Å². The van der Waals surface area contributed by atoms with E-state index in [2.05, 4.69) is 20.2 Å². The van der Waals surface area contributed by atoms with Gasteiger partial charge in [-0.1, -0.05) is 18.2 Å². The molecule has 4 rings (SSSR count). The van der Waals surface area contributed by atoms with E-state index in [9.17, 15) is 14.7 Å². The van der Waals surface area contributed by atoms with Crippen molar-refractivity contribution in [3.05, 3.63) is 64.6 Å². The molecule has 3 aromatic rings. The maximum atomic E-state index is 12.7. The van der Waals surface area contributed by atoms with Gasteiger partial charge < -0.3 is 20.3 Å². The predicted molar refractivity (Wildman–Crippen MR) is 113 cm³/mol. The van der Waals surface area contributed by atoms with E-state index < -0.39 is 0 Å². The van der Waals surface area contributed by atoms with Crippen molar-refractivity contribution in [3.8, 4) is 0 Å². The van der Waals surface area contributed by atoms with Crippen molar-refractivity contribution < 1.29 is 9.90 Å². The number of para-hydroxylation sites is 1. The average molecular weight is 392 g/mol. The Morgan fingerprint density at radius 2 is 2.00 bits per heavy atom. The van der Waals surface area contributed by atoms with E-state index in [0.717, 1.165) is 42.7 Å². The van der Waals surface area contributed by atoms with Crippen molar-refractivity contribution >= 4 is 28.3 Å². The van der Waals surface area contributed by atoms with E-state index in [4.69, 9.17) is 0 Å². The van der Waals surface area contributed by atoms with Crippen LogP contribution in [0.2, 0.25) is 0 Å². The van der Waals surface area contributed by atoms with Gasteiger partial charge in [-0.2, -0.15) is 0 Å². The summed E-state index contributed by atoms with van der Waals surface area (Å²) in [6.07, 6.45) is 3.48. The van der Waals surface area contributed by atoms with Crippen LogP contribution in [0.3, 0.4) is 0 Å². The highest BCUT2D eigenvalue weighted by atomic mass is 16.3. The number of hydrogen-bond donors (Lipinski definition) is 3. The number of carbonyl (C=O) groups excluding carboxylic acids is 1. The van der Waals surface area contributed by atoms with Gasteiger partial charge in [0, 0.05) is 37.0 Å². The molecule has 1 aromatic carbocycles. The number of aliphatic hydroxyl groups excluding tert-OH is 1. The number of rotatable bonds is 5. The number of amides is 1. The number of fused-ring (bicyclic) bond motifs is 1. The van der Waals surface area contributed by atoms with Crippen molar-refractivity contribution in [3.63, 3.8) is 0 Å². The van der Waals surface area contributed by atoms with Gasteiger partial charge in [-0.15, -0.1) is 0 Å². The molecule has 3 N–H and O–H groups in total. The number of H-pyrrole nitrogens is 1. The Kier molecular flexibility index (Phi) is 5.57. The van der Waals surface area contributed by atoms with E-state index >= 15 is 0 Å². The zero-order valence-corrected chi connectivity index (χ0v) is 16.1. The normalized spacial score (nSPS) is 14.9. The van der Waals surface area contributed by atoms with Crippen LogP contribution in [0.25, 0.3) is 10.9 Å². The number of benzene rings is 1. The maximum absolute atomic E-state index is 12.7. The van der Waals surface area contributed by atoms with Crippen LogP contribution in [0.4, 0.5) is 11.5 Å². The average Bonchev–Trinajstić information content (AvgIpc) is 2.75. The Hall–Kier alpha value is -3.19. The quantitative estimate of drug-likeness (QED) is 0.619. The van der Waals surface area contributed by atoms with Gasteiger partial charge >= 0.3 is 0 Å². The van der Waals surface area contributed by atoms with Gasteiger partial charge in [0.2, 0.25) is 5.91 Å². The molecule has 0 unspecified atom stereocenters. The van der Waals surface area contributed by atoms with Crippen molar-refractivity contribution in [2.45, 2.75) is 19.3 Å². The Bertz CT molecular complexity index is 1070. The highest BCUT2D eigenvalue weighted by molar-refractivity contribution is 5.95. The van der Waals surface area contributed by atoms with Gasteiger partial charge in [-0.05, 0) is 48.4 Å². The van der Waals surface area contributed by atoms with E-state index in [1.165, 1.54) is 0 Å². The minimum absolute atomic E-state index is 0.0128. The Balaban J connectivity index is 1.49. The number of hydrogen-bond acceptors (Lipinski definition) is 5. The van der Waals surface area contributed by atoms with Gasteiger partial charge in [0.1, 0.15) is 0 Å². The monoisotopic (exact) mass is 392 g/mol. The number of nitrogens with one attached hydrogen (secondary N) is 2. The van der Waals surface area contributed by atoms with Crippen LogP contribution in [0, 0.1) is 5.92 Å². The minimum Gasteiger partial charge on any atom is -0.396 e. The molecule has 1 aliphatic heterocycles. The number of aromatic nitrogens is 2. The van der Waals surface area contributed by atoms with Crippen LogP contribution >= 0.6 is 0 Å². The summed E-state index contributed by atoms with van der Waals surface area (Å²) in [5.41, 5.74) is 1.56. The fraction of sp³-hybridized carbons (Fsp3) is 0.318. The van der Waals surface area contributed by atoms with Gasteiger partial charge in [-0.3, -0.25) is 9.59 Å². The van der Waals surface area contributed by atoms with Crippen molar-refractivity contribution in [2.24, 2.45) is 5.92 Å². The van der Waals surface area contributed by atoms with Gasteiger partial charge in [0.25, 0.3) is 5.56 Å². The van der Waals surface area contributed by atoms with Gasteiger partial charge in [0.05, 0.1) is 12.1 Å². The second kappa shape index (κ2) is 8.45. The fourth-order valence-electron chi connectivity index (χ4n) is 3.77. The second-order valence-electron chi connectivity index (χ2n) is 7.42. The van der Waals surface area contributed by atoms with E-state index in [1.807, 2.05) is 30.3 Å². The van der Waals surface area contributed by atoms with Crippen LogP contribution in [-0.4, -0.2) is 40.7 Å². The molecule has 0 atom stereocenters. The van der Waals surface area contributed by atoms with Gasteiger partial charge in [0.15, 0.2) is 5.82 Å². The Morgan fingerprint density at radius 1 is 1.21 bits per heavy atom. The Labute approximate surface area is 168 Å². The predicted octanol–water partition coefficient (Wildman–Crippen LogP) is 2.31. The molecule has 0 aliphatic carbocycles. The van der Waals surface area contributed by atoms with Crippen LogP contribution in [0.5, 0.6) is 0 Å². The molecule has 0 saturated carbocycles. The highest BCUT2D eigenvalue weighted by Crippen LogP contribution is 2.27. The molecule has 1 aliphatic rings. The summed E-state index contributed by atoms with van der Waals surface area (Å²) in [4.78, 5) is 34.4. The topological polar surface area (TPSA) is 98.3 Å². The molecule has 1 fully saturated rings. The molecular weight excluding hydrogens is 368 g/mol. The van der Waals surface area contributed by atoms with E-state index in [0.29, 0.717) is 17.2 Å². The largest absolute Gasteiger partial charge is 0.396 e. The number of nitrogens with zero attached hydrogens (tertiary/aromatic N) is 2. The first-order valence-electron chi connectivity index (χ1n) is 9.85. The molecule has 0 spiro atoms.